The van der Waals surface area contributed by atoms with E-state index in [2.05, 4.69) is 6.58 Å². The highest BCUT2D eigenvalue weighted by molar-refractivity contribution is 5.25. The molecule has 0 unspecified atom stereocenters. The first-order chi connectivity index (χ1) is 4.76. The molecule has 0 saturated heterocycles. The van der Waals surface area contributed by atoms with E-state index in [-0.39, 0.29) is 0 Å². The number of hydrogen-bond donors (Lipinski definition) is 0. The van der Waals surface area contributed by atoms with Crippen molar-refractivity contribution in [3.63, 3.8) is 0 Å². The van der Waals surface area contributed by atoms with E-state index in [1.165, 1.54) is 0 Å². The van der Waals surface area contributed by atoms with Crippen molar-refractivity contribution in [2.45, 2.75) is 13.8 Å². The maximum Gasteiger partial charge on any atom is 0.121 e. The molecule has 10 heavy (non-hydrogen) atoms. The van der Waals surface area contributed by atoms with Crippen LogP contribution >= 0.6 is 0 Å². The Labute approximate surface area is 62.7 Å². The minimum atomic E-state index is 0.832. The molecule has 0 aliphatic rings. The quantitative estimate of drug-likeness (QED) is 0.430. The van der Waals surface area contributed by atoms with E-state index in [1.54, 1.807) is 13.2 Å². The molecule has 1 heteroatoms. The SMILES string of the molecule is C=C/C(OC)=C(C)\C=C/C. The van der Waals surface area contributed by atoms with Crippen LogP contribution in [0.2, 0.25) is 0 Å². The van der Waals surface area contributed by atoms with Gasteiger partial charge in [-0.05, 0) is 25.5 Å². The van der Waals surface area contributed by atoms with Gasteiger partial charge in [0.05, 0.1) is 7.11 Å². The summed E-state index contributed by atoms with van der Waals surface area (Å²) < 4.78 is 5.02. The molecule has 0 bridgehead atoms. The molecule has 0 amide bonds. The molecule has 0 heterocycles. The van der Waals surface area contributed by atoms with Gasteiger partial charge in [0, 0.05) is 0 Å². The highest BCUT2D eigenvalue weighted by Crippen LogP contribution is 2.06. The molecule has 0 aromatic heterocycles. The van der Waals surface area contributed by atoms with Crippen LogP contribution in [0.4, 0.5) is 0 Å². The Kier molecular flexibility index (Phi) is 4.38. The average Bonchev–Trinajstić information content (AvgIpc) is 1.91. The van der Waals surface area contributed by atoms with Crippen molar-refractivity contribution in [2.24, 2.45) is 0 Å². The van der Waals surface area contributed by atoms with Gasteiger partial charge >= 0.3 is 0 Å². The van der Waals surface area contributed by atoms with Gasteiger partial charge in [-0.3, -0.25) is 0 Å². The Bertz CT molecular complexity index is 164. The van der Waals surface area contributed by atoms with E-state index in [1.807, 2.05) is 26.0 Å². The standard InChI is InChI=1S/C9H14O/c1-5-7-8(3)9(6-2)10-4/h5-7H,2H2,1,3-4H3/b7-5-,9-8+. The van der Waals surface area contributed by atoms with Crippen LogP contribution in [0.15, 0.2) is 36.1 Å². The minimum absolute atomic E-state index is 0.832. The van der Waals surface area contributed by atoms with Crippen molar-refractivity contribution in [3.05, 3.63) is 36.1 Å². The van der Waals surface area contributed by atoms with Crippen LogP contribution in [-0.4, -0.2) is 7.11 Å². The van der Waals surface area contributed by atoms with Crippen LogP contribution in [0.3, 0.4) is 0 Å². The predicted octanol–water partition coefficient (Wildman–Crippen LogP) is 2.67. The van der Waals surface area contributed by atoms with Crippen molar-refractivity contribution in [2.75, 3.05) is 7.11 Å². The summed E-state index contributed by atoms with van der Waals surface area (Å²) in [4.78, 5) is 0. The van der Waals surface area contributed by atoms with Gasteiger partial charge in [0.15, 0.2) is 0 Å². The zero-order valence-corrected chi connectivity index (χ0v) is 6.85. The van der Waals surface area contributed by atoms with E-state index in [0.29, 0.717) is 0 Å². The summed E-state index contributed by atoms with van der Waals surface area (Å²) in [5.74, 6) is 0.832. The van der Waals surface area contributed by atoms with Gasteiger partial charge < -0.3 is 4.74 Å². The topological polar surface area (TPSA) is 9.23 Å². The van der Waals surface area contributed by atoms with Gasteiger partial charge in [0.25, 0.3) is 0 Å². The molecule has 0 N–H and O–H groups in total. The van der Waals surface area contributed by atoms with E-state index in [9.17, 15) is 0 Å². The van der Waals surface area contributed by atoms with Crippen LogP contribution in [0.25, 0.3) is 0 Å². The lowest BCUT2D eigenvalue weighted by molar-refractivity contribution is 0.304. The number of hydrogen-bond acceptors (Lipinski definition) is 1. The molecular weight excluding hydrogens is 124 g/mol. The lowest BCUT2D eigenvalue weighted by Crippen LogP contribution is -1.84. The van der Waals surface area contributed by atoms with Gasteiger partial charge in [-0.15, -0.1) is 0 Å². The first-order valence-corrected chi connectivity index (χ1v) is 3.26. The maximum atomic E-state index is 5.02. The lowest BCUT2D eigenvalue weighted by atomic mass is 10.2. The summed E-state index contributed by atoms with van der Waals surface area (Å²) in [6.45, 7) is 7.58. The summed E-state index contributed by atoms with van der Waals surface area (Å²) in [6.07, 6.45) is 5.66. The molecule has 1 nitrogen and oxygen atoms in total. The van der Waals surface area contributed by atoms with Crippen molar-refractivity contribution in [3.8, 4) is 0 Å². The van der Waals surface area contributed by atoms with E-state index < -0.39 is 0 Å². The van der Waals surface area contributed by atoms with Crippen molar-refractivity contribution < 1.29 is 4.74 Å². The smallest absolute Gasteiger partial charge is 0.121 e. The van der Waals surface area contributed by atoms with Gasteiger partial charge in [0.1, 0.15) is 5.76 Å². The maximum absolute atomic E-state index is 5.02. The molecule has 0 aliphatic heterocycles. The number of rotatable bonds is 3. The second kappa shape index (κ2) is 4.86. The molecule has 0 fully saturated rings. The fraction of sp³-hybridized carbons (Fsp3) is 0.333. The molecule has 0 aliphatic carbocycles. The second-order valence-electron chi connectivity index (χ2n) is 1.96. The van der Waals surface area contributed by atoms with Crippen LogP contribution in [-0.2, 0) is 4.74 Å². The van der Waals surface area contributed by atoms with Crippen molar-refractivity contribution in [1.29, 1.82) is 0 Å². The molecule has 0 saturated carbocycles. The van der Waals surface area contributed by atoms with E-state index in [4.69, 9.17) is 4.74 Å². The molecule has 0 aromatic carbocycles. The highest BCUT2D eigenvalue weighted by atomic mass is 16.5. The average molecular weight is 138 g/mol. The van der Waals surface area contributed by atoms with Gasteiger partial charge in [-0.2, -0.15) is 0 Å². The normalized spacial score (nSPS) is 13.1. The third kappa shape index (κ3) is 2.53. The van der Waals surface area contributed by atoms with Gasteiger partial charge in [0.2, 0.25) is 0 Å². The lowest BCUT2D eigenvalue weighted by Gasteiger charge is -2.01. The Morgan fingerprint density at radius 3 is 2.40 bits per heavy atom. The van der Waals surface area contributed by atoms with Gasteiger partial charge in [-0.25, -0.2) is 0 Å². The number of ether oxygens (including phenoxy) is 1. The molecular formula is C9H14O. The zero-order chi connectivity index (χ0) is 7.98. The molecule has 0 radical (unpaired) electrons. The summed E-state index contributed by atoms with van der Waals surface area (Å²) in [5, 5.41) is 0. The van der Waals surface area contributed by atoms with E-state index >= 15 is 0 Å². The Morgan fingerprint density at radius 1 is 1.50 bits per heavy atom. The molecule has 56 valence electrons. The monoisotopic (exact) mass is 138 g/mol. The summed E-state index contributed by atoms with van der Waals surface area (Å²) in [5.41, 5.74) is 1.10. The first-order valence-electron chi connectivity index (χ1n) is 3.26. The summed E-state index contributed by atoms with van der Waals surface area (Å²) >= 11 is 0. The fourth-order valence-corrected chi connectivity index (χ4v) is 0.737. The molecule has 0 spiro atoms. The van der Waals surface area contributed by atoms with Crippen LogP contribution in [0.1, 0.15) is 13.8 Å². The Balaban J connectivity index is 4.42. The highest BCUT2D eigenvalue weighted by Gasteiger charge is 1.91. The molecule has 0 atom stereocenters. The zero-order valence-electron chi connectivity index (χ0n) is 6.85. The first kappa shape index (κ1) is 9.02. The Morgan fingerprint density at radius 2 is 2.10 bits per heavy atom. The third-order valence-electron chi connectivity index (χ3n) is 1.21. The number of methoxy groups -OCH3 is 1. The summed E-state index contributed by atoms with van der Waals surface area (Å²) in [7, 11) is 1.64. The predicted molar refractivity (Wildman–Crippen MR) is 44.7 cm³/mol. The van der Waals surface area contributed by atoms with Crippen LogP contribution in [0, 0.1) is 0 Å². The summed E-state index contributed by atoms with van der Waals surface area (Å²) in [6, 6.07) is 0. The van der Waals surface area contributed by atoms with Gasteiger partial charge in [-0.1, -0.05) is 18.7 Å². The Hall–Kier alpha value is -0.980. The van der Waals surface area contributed by atoms with Crippen LogP contribution < -0.4 is 0 Å². The third-order valence-corrected chi connectivity index (χ3v) is 1.21. The van der Waals surface area contributed by atoms with Crippen LogP contribution in [0.5, 0.6) is 0 Å². The van der Waals surface area contributed by atoms with Crippen molar-refractivity contribution >= 4 is 0 Å². The number of allylic oxidation sites excluding steroid dienone is 4. The fourth-order valence-electron chi connectivity index (χ4n) is 0.737. The minimum Gasteiger partial charge on any atom is -0.497 e. The van der Waals surface area contributed by atoms with Crippen molar-refractivity contribution in [1.82, 2.24) is 0 Å². The molecule has 0 rings (SSSR count). The van der Waals surface area contributed by atoms with E-state index in [0.717, 1.165) is 11.3 Å². The molecule has 0 aromatic rings. The largest absolute Gasteiger partial charge is 0.497 e. The second-order valence-corrected chi connectivity index (χ2v) is 1.96.